The quantitative estimate of drug-likeness (QED) is 0.864. The number of amides is 1. The number of nitrogens with one attached hydrogen (secondary N) is 1. The Balaban J connectivity index is 1.97. The Labute approximate surface area is 153 Å². The van der Waals surface area contributed by atoms with Gasteiger partial charge in [-0.2, -0.15) is 0 Å². The summed E-state index contributed by atoms with van der Waals surface area (Å²) in [4.78, 5) is 25.5. The summed E-state index contributed by atoms with van der Waals surface area (Å²) in [7, 11) is -3.07. The van der Waals surface area contributed by atoms with Crippen LogP contribution in [-0.2, 0) is 16.4 Å². The Morgan fingerprint density at radius 1 is 1.27 bits per heavy atom. The molecule has 7 heteroatoms. The monoisotopic (exact) mass is 376 g/mol. The highest BCUT2D eigenvalue weighted by Gasteiger charge is 2.29. The van der Waals surface area contributed by atoms with Gasteiger partial charge in [-0.25, -0.2) is 8.42 Å². The van der Waals surface area contributed by atoms with Crippen LogP contribution in [-0.4, -0.2) is 36.4 Å². The van der Waals surface area contributed by atoms with Crippen molar-refractivity contribution in [1.29, 1.82) is 0 Å². The first-order chi connectivity index (χ1) is 12.3. The van der Waals surface area contributed by atoms with Crippen LogP contribution in [0.3, 0.4) is 0 Å². The van der Waals surface area contributed by atoms with Crippen molar-refractivity contribution >= 4 is 26.5 Å². The van der Waals surface area contributed by atoms with Gasteiger partial charge >= 0.3 is 0 Å². The number of aryl methyl sites for hydroxylation is 1. The van der Waals surface area contributed by atoms with Crippen LogP contribution in [0.15, 0.2) is 35.3 Å². The Morgan fingerprint density at radius 2 is 1.96 bits per heavy atom. The Hall–Kier alpha value is -2.15. The van der Waals surface area contributed by atoms with Crippen molar-refractivity contribution in [2.24, 2.45) is 5.92 Å². The topological polar surface area (TPSA) is 85.2 Å². The van der Waals surface area contributed by atoms with Crippen molar-refractivity contribution in [3.63, 3.8) is 0 Å². The first kappa shape index (κ1) is 18.6. The van der Waals surface area contributed by atoms with Crippen molar-refractivity contribution in [3.8, 4) is 0 Å². The van der Waals surface area contributed by atoms with Crippen LogP contribution >= 0.6 is 0 Å². The third kappa shape index (κ3) is 3.98. The molecule has 1 amide bonds. The molecule has 1 atom stereocenters. The van der Waals surface area contributed by atoms with Gasteiger partial charge in [0, 0.05) is 29.6 Å². The van der Waals surface area contributed by atoms with E-state index in [0.717, 1.165) is 6.42 Å². The van der Waals surface area contributed by atoms with Gasteiger partial charge in [0.05, 0.1) is 17.1 Å². The summed E-state index contributed by atoms with van der Waals surface area (Å²) in [6.07, 6.45) is 2.87. The first-order valence-corrected chi connectivity index (χ1v) is 10.7. The summed E-state index contributed by atoms with van der Waals surface area (Å²) >= 11 is 0. The molecular formula is C19H24N2O4S. The lowest BCUT2D eigenvalue weighted by molar-refractivity contribution is 0.0942. The van der Waals surface area contributed by atoms with Crippen molar-refractivity contribution in [2.45, 2.75) is 39.3 Å². The van der Waals surface area contributed by atoms with Gasteiger partial charge < -0.3 is 9.88 Å². The van der Waals surface area contributed by atoms with Crippen LogP contribution in [0.4, 0.5) is 0 Å². The lowest BCUT2D eigenvalue weighted by Crippen LogP contribution is -2.36. The zero-order valence-electron chi connectivity index (χ0n) is 15.1. The molecule has 3 rings (SSSR count). The summed E-state index contributed by atoms with van der Waals surface area (Å²) in [6, 6.07) is 6.67. The van der Waals surface area contributed by atoms with Gasteiger partial charge in [0.2, 0.25) is 0 Å². The van der Waals surface area contributed by atoms with Crippen molar-refractivity contribution < 1.29 is 13.2 Å². The van der Waals surface area contributed by atoms with Gasteiger partial charge in [-0.15, -0.1) is 0 Å². The second-order valence-electron chi connectivity index (χ2n) is 7.34. The van der Waals surface area contributed by atoms with Crippen LogP contribution in [0.25, 0.3) is 10.8 Å². The number of aromatic nitrogens is 1. The second-order valence-corrected chi connectivity index (χ2v) is 9.57. The highest BCUT2D eigenvalue weighted by molar-refractivity contribution is 7.91. The van der Waals surface area contributed by atoms with Crippen LogP contribution in [0.1, 0.15) is 37.0 Å². The number of sulfone groups is 1. The molecule has 1 aromatic carbocycles. The second kappa shape index (κ2) is 7.23. The molecule has 2 heterocycles. The van der Waals surface area contributed by atoms with E-state index in [0.29, 0.717) is 35.2 Å². The minimum absolute atomic E-state index is 0.0241. The predicted molar refractivity (Wildman–Crippen MR) is 102 cm³/mol. The van der Waals surface area contributed by atoms with E-state index in [1.165, 1.54) is 0 Å². The third-order valence-electron chi connectivity index (χ3n) is 4.75. The Kier molecular flexibility index (Phi) is 5.18. The highest BCUT2D eigenvalue weighted by Crippen LogP contribution is 2.18. The largest absolute Gasteiger partial charge is 0.348 e. The minimum Gasteiger partial charge on any atom is -0.348 e. The lowest BCUT2D eigenvalue weighted by atomic mass is 10.1. The van der Waals surface area contributed by atoms with E-state index in [4.69, 9.17) is 0 Å². The molecule has 0 saturated carbocycles. The molecule has 1 aliphatic heterocycles. The fourth-order valence-electron chi connectivity index (χ4n) is 3.26. The lowest BCUT2D eigenvalue weighted by Gasteiger charge is -2.15. The molecule has 140 valence electrons. The number of hydrogen-bond acceptors (Lipinski definition) is 4. The summed E-state index contributed by atoms with van der Waals surface area (Å²) in [5.41, 5.74) is 0.300. The Bertz CT molecular complexity index is 992. The number of benzene rings is 1. The van der Waals surface area contributed by atoms with E-state index in [-0.39, 0.29) is 29.0 Å². The first-order valence-electron chi connectivity index (χ1n) is 8.90. The van der Waals surface area contributed by atoms with Gasteiger partial charge in [-0.3, -0.25) is 9.59 Å². The Morgan fingerprint density at radius 3 is 2.58 bits per heavy atom. The average molecular weight is 376 g/mol. The molecule has 1 saturated heterocycles. The maximum Gasteiger partial charge on any atom is 0.258 e. The van der Waals surface area contributed by atoms with Gasteiger partial charge in [0.1, 0.15) is 0 Å². The molecule has 1 aliphatic rings. The molecule has 1 fully saturated rings. The van der Waals surface area contributed by atoms with Gasteiger partial charge in [0.15, 0.2) is 9.84 Å². The van der Waals surface area contributed by atoms with Gasteiger partial charge in [-0.1, -0.05) is 32.0 Å². The van der Waals surface area contributed by atoms with Gasteiger partial charge in [-0.05, 0) is 24.8 Å². The molecule has 1 aromatic heterocycles. The molecular weight excluding hydrogens is 352 g/mol. The van der Waals surface area contributed by atoms with Crippen LogP contribution in [0.5, 0.6) is 0 Å². The number of pyridine rings is 1. The summed E-state index contributed by atoms with van der Waals surface area (Å²) < 4.78 is 24.8. The molecule has 1 unspecified atom stereocenters. The third-order valence-corrected chi connectivity index (χ3v) is 6.52. The number of carbonyl (C=O) groups excluding carboxylic acids is 1. The average Bonchev–Trinajstić information content (AvgIpc) is 2.92. The van der Waals surface area contributed by atoms with Crippen LogP contribution in [0.2, 0.25) is 0 Å². The molecule has 0 aliphatic carbocycles. The summed E-state index contributed by atoms with van der Waals surface area (Å²) in [5.74, 6) is 0.187. The highest BCUT2D eigenvalue weighted by atomic mass is 32.2. The summed E-state index contributed by atoms with van der Waals surface area (Å²) in [5, 5.41) is 3.92. The van der Waals surface area contributed by atoms with E-state index in [2.05, 4.69) is 19.2 Å². The number of carbonyl (C=O) groups is 1. The molecule has 6 nitrogen and oxygen atoms in total. The van der Waals surface area contributed by atoms with E-state index in [1.807, 2.05) is 0 Å². The van der Waals surface area contributed by atoms with Crippen LogP contribution in [0, 0.1) is 5.92 Å². The zero-order chi connectivity index (χ0) is 18.9. The number of nitrogens with zero attached hydrogens (tertiary/aromatic N) is 1. The van der Waals surface area contributed by atoms with E-state index in [9.17, 15) is 18.0 Å². The standard InChI is InChI=1S/C19H24N2O4S/c1-13(2)7-9-21-11-17(15-5-3-4-6-16(15)19(21)23)18(22)20-14-8-10-26(24,25)12-14/h3-6,11,13-14H,7-10,12H2,1-2H3,(H,20,22). The van der Waals surface area contributed by atoms with Crippen molar-refractivity contribution in [1.82, 2.24) is 9.88 Å². The summed E-state index contributed by atoms with van der Waals surface area (Å²) in [6.45, 7) is 4.71. The van der Waals surface area contributed by atoms with Crippen molar-refractivity contribution in [3.05, 3.63) is 46.4 Å². The maximum atomic E-state index is 12.8. The van der Waals surface area contributed by atoms with E-state index >= 15 is 0 Å². The van der Waals surface area contributed by atoms with E-state index in [1.54, 1.807) is 35.0 Å². The normalized spacial score (nSPS) is 19.1. The maximum absolute atomic E-state index is 12.8. The van der Waals surface area contributed by atoms with Crippen molar-refractivity contribution in [2.75, 3.05) is 11.5 Å². The zero-order valence-corrected chi connectivity index (χ0v) is 15.9. The molecule has 0 bridgehead atoms. The fourth-order valence-corrected chi connectivity index (χ4v) is 4.93. The SMILES string of the molecule is CC(C)CCn1cc(C(=O)NC2CCS(=O)(=O)C2)c2ccccc2c1=O. The number of fused-ring (bicyclic) bond motifs is 1. The smallest absolute Gasteiger partial charge is 0.258 e. The number of rotatable bonds is 5. The molecule has 0 radical (unpaired) electrons. The minimum atomic E-state index is -3.07. The molecule has 26 heavy (non-hydrogen) atoms. The number of hydrogen-bond donors (Lipinski definition) is 1. The molecule has 2 aromatic rings. The fraction of sp³-hybridized carbons (Fsp3) is 0.474. The van der Waals surface area contributed by atoms with Gasteiger partial charge in [0.25, 0.3) is 11.5 Å². The molecule has 1 N–H and O–H groups in total. The molecule has 0 spiro atoms. The van der Waals surface area contributed by atoms with Crippen LogP contribution < -0.4 is 10.9 Å². The van der Waals surface area contributed by atoms with E-state index < -0.39 is 9.84 Å². The predicted octanol–water partition coefficient (Wildman–Crippen LogP) is 1.96.